The van der Waals surface area contributed by atoms with Gasteiger partial charge in [0.15, 0.2) is 0 Å². The third-order valence-corrected chi connectivity index (χ3v) is 3.05. The van der Waals surface area contributed by atoms with E-state index in [0.29, 0.717) is 0 Å². The Kier molecular flexibility index (Phi) is 4.32. The molecule has 0 heterocycles. The highest BCUT2D eigenvalue weighted by Crippen LogP contribution is 2.11. The molecule has 0 aliphatic heterocycles. The summed E-state index contributed by atoms with van der Waals surface area (Å²) in [5.74, 6) is 0.242. The fourth-order valence-electron chi connectivity index (χ4n) is 1.47. The lowest BCUT2D eigenvalue weighted by atomic mass is 10.1. The lowest BCUT2D eigenvalue weighted by Gasteiger charge is -2.11. The number of sulfonamides is 1. The molecule has 0 aromatic heterocycles. The van der Waals surface area contributed by atoms with Crippen LogP contribution in [0, 0.1) is 0 Å². The summed E-state index contributed by atoms with van der Waals surface area (Å²) >= 11 is 0. The molecule has 0 fully saturated rings. The van der Waals surface area contributed by atoms with E-state index in [4.69, 9.17) is 5.11 Å². The van der Waals surface area contributed by atoms with E-state index in [9.17, 15) is 8.42 Å². The molecular formula is C11H17NO3S. The third kappa shape index (κ3) is 5.14. The first-order chi connectivity index (χ1) is 7.37. The molecule has 16 heavy (non-hydrogen) atoms. The van der Waals surface area contributed by atoms with E-state index in [-0.39, 0.29) is 11.8 Å². The van der Waals surface area contributed by atoms with Crippen molar-refractivity contribution in [2.75, 3.05) is 6.26 Å². The summed E-state index contributed by atoms with van der Waals surface area (Å²) in [6, 6.07) is 6.85. The Morgan fingerprint density at radius 1 is 1.31 bits per heavy atom. The van der Waals surface area contributed by atoms with Crippen LogP contribution in [0.5, 0.6) is 5.75 Å². The molecule has 1 rings (SSSR count). The van der Waals surface area contributed by atoms with E-state index >= 15 is 0 Å². The fourth-order valence-corrected chi connectivity index (χ4v) is 2.32. The quantitative estimate of drug-likeness (QED) is 0.818. The summed E-state index contributed by atoms with van der Waals surface area (Å²) in [4.78, 5) is 0. The Morgan fingerprint density at radius 2 is 1.88 bits per heavy atom. The molecule has 0 radical (unpaired) electrons. The summed E-state index contributed by atoms with van der Waals surface area (Å²) in [5.41, 5.74) is 1.08. The van der Waals surface area contributed by atoms with Crippen LogP contribution < -0.4 is 4.72 Å². The second-order valence-corrected chi connectivity index (χ2v) is 5.78. The van der Waals surface area contributed by atoms with Crippen molar-refractivity contribution in [1.29, 1.82) is 0 Å². The minimum atomic E-state index is -3.12. The van der Waals surface area contributed by atoms with Crippen LogP contribution in [0.2, 0.25) is 0 Å². The first-order valence-electron chi connectivity index (χ1n) is 5.12. The van der Waals surface area contributed by atoms with Gasteiger partial charge in [-0.25, -0.2) is 13.1 Å². The van der Waals surface area contributed by atoms with Gasteiger partial charge in [-0.05, 0) is 37.5 Å². The molecule has 0 aliphatic carbocycles. The number of aryl methyl sites for hydroxylation is 1. The molecule has 1 aromatic rings. The average Bonchev–Trinajstić information content (AvgIpc) is 2.14. The number of benzene rings is 1. The highest BCUT2D eigenvalue weighted by molar-refractivity contribution is 7.88. The van der Waals surface area contributed by atoms with Crippen LogP contribution in [-0.2, 0) is 16.4 Å². The smallest absolute Gasteiger partial charge is 0.208 e. The van der Waals surface area contributed by atoms with E-state index in [1.54, 1.807) is 12.1 Å². The normalized spacial score (nSPS) is 13.6. The van der Waals surface area contributed by atoms with E-state index < -0.39 is 10.0 Å². The maximum atomic E-state index is 11.0. The summed E-state index contributed by atoms with van der Waals surface area (Å²) in [7, 11) is -3.12. The zero-order chi connectivity index (χ0) is 12.2. The topological polar surface area (TPSA) is 66.4 Å². The van der Waals surface area contributed by atoms with Crippen LogP contribution in [0.1, 0.15) is 18.9 Å². The van der Waals surface area contributed by atoms with Crippen LogP contribution >= 0.6 is 0 Å². The summed E-state index contributed by atoms with van der Waals surface area (Å²) in [6.07, 6.45) is 2.67. The Morgan fingerprint density at radius 3 is 2.38 bits per heavy atom. The van der Waals surface area contributed by atoms with Gasteiger partial charge in [0.25, 0.3) is 0 Å². The summed E-state index contributed by atoms with van der Waals surface area (Å²) in [5, 5.41) is 9.10. The molecule has 0 saturated heterocycles. The lowest BCUT2D eigenvalue weighted by Crippen LogP contribution is -2.31. The van der Waals surface area contributed by atoms with Crippen molar-refractivity contribution in [2.24, 2.45) is 0 Å². The standard InChI is InChI=1S/C11H17NO3S/c1-9(12-16(2,14)15)3-4-10-5-7-11(13)8-6-10/h5-9,12-13H,3-4H2,1-2H3/t9-/m0/s1. The van der Waals surface area contributed by atoms with Crippen LogP contribution in [0.15, 0.2) is 24.3 Å². The van der Waals surface area contributed by atoms with Gasteiger partial charge in [-0.3, -0.25) is 0 Å². The SMILES string of the molecule is C[C@@H](CCc1ccc(O)cc1)NS(C)(=O)=O. The van der Waals surface area contributed by atoms with Crippen molar-refractivity contribution >= 4 is 10.0 Å². The van der Waals surface area contributed by atoms with E-state index in [2.05, 4.69) is 4.72 Å². The summed E-state index contributed by atoms with van der Waals surface area (Å²) < 4.78 is 24.4. The Balaban J connectivity index is 2.43. The van der Waals surface area contributed by atoms with E-state index in [1.165, 1.54) is 0 Å². The molecule has 0 unspecified atom stereocenters. The van der Waals surface area contributed by atoms with Crippen molar-refractivity contribution < 1.29 is 13.5 Å². The molecule has 1 atom stereocenters. The van der Waals surface area contributed by atoms with Gasteiger partial charge < -0.3 is 5.11 Å². The first-order valence-corrected chi connectivity index (χ1v) is 7.01. The van der Waals surface area contributed by atoms with Gasteiger partial charge in [-0.15, -0.1) is 0 Å². The molecule has 90 valence electrons. The van der Waals surface area contributed by atoms with Gasteiger partial charge >= 0.3 is 0 Å². The van der Waals surface area contributed by atoms with Crippen molar-refractivity contribution in [1.82, 2.24) is 4.72 Å². The Labute approximate surface area is 96.4 Å². The second-order valence-electron chi connectivity index (χ2n) is 4.00. The van der Waals surface area contributed by atoms with Gasteiger partial charge in [0.1, 0.15) is 5.75 Å². The van der Waals surface area contributed by atoms with Gasteiger partial charge in [-0.2, -0.15) is 0 Å². The van der Waals surface area contributed by atoms with Crippen molar-refractivity contribution in [2.45, 2.75) is 25.8 Å². The number of phenolic OH excluding ortho intramolecular Hbond substituents is 1. The van der Waals surface area contributed by atoms with Crippen LogP contribution in [0.25, 0.3) is 0 Å². The molecule has 4 nitrogen and oxygen atoms in total. The zero-order valence-electron chi connectivity index (χ0n) is 9.47. The largest absolute Gasteiger partial charge is 0.508 e. The highest BCUT2D eigenvalue weighted by atomic mass is 32.2. The molecule has 0 amide bonds. The number of rotatable bonds is 5. The minimum Gasteiger partial charge on any atom is -0.508 e. The molecule has 0 spiro atoms. The monoisotopic (exact) mass is 243 g/mol. The van der Waals surface area contributed by atoms with Crippen molar-refractivity contribution in [3.8, 4) is 5.75 Å². The summed E-state index contributed by atoms with van der Waals surface area (Å²) in [6.45, 7) is 1.83. The maximum absolute atomic E-state index is 11.0. The number of hydrogen-bond donors (Lipinski definition) is 2. The molecule has 5 heteroatoms. The van der Waals surface area contributed by atoms with Crippen molar-refractivity contribution in [3.63, 3.8) is 0 Å². The van der Waals surface area contributed by atoms with Crippen LogP contribution in [-0.4, -0.2) is 25.8 Å². The van der Waals surface area contributed by atoms with Crippen LogP contribution in [0.4, 0.5) is 0 Å². The average molecular weight is 243 g/mol. The van der Waals surface area contributed by atoms with Crippen molar-refractivity contribution in [3.05, 3.63) is 29.8 Å². The van der Waals surface area contributed by atoms with E-state index in [0.717, 1.165) is 24.7 Å². The number of phenols is 1. The second kappa shape index (κ2) is 5.32. The van der Waals surface area contributed by atoms with Gasteiger partial charge in [0, 0.05) is 6.04 Å². The Bertz CT molecular complexity index is 425. The number of hydrogen-bond acceptors (Lipinski definition) is 3. The van der Waals surface area contributed by atoms with Gasteiger partial charge in [-0.1, -0.05) is 12.1 Å². The molecular weight excluding hydrogens is 226 g/mol. The number of nitrogens with one attached hydrogen (secondary N) is 1. The number of aromatic hydroxyl groups is 1. The first kappa shape index (κ1) is 13.0. The molecule has 2 N–H and O–H groups in total. The molecule has 0 bridgehead atoms. The molecule has 0 aliphatic rings. The van der Waals surface area contributed by atoms with Crippen LogP contribution in [0.3, 0.4) is 0 Å². The predicted octanol–water partition coefficient (Wildman–Crippen LogP) is 1.26. The minimum absolute atomic E-state index is 0.0798. The molecule has 1 aromatic carbocycles. The van der Waals surface area contributed by atoms with E-state index in [1.807, 2.05) is 19.1 Å². The highest BCUT2D eigenvalue weighted by Gasteiger charge is 2.08. The predicted molar refractivity (Wildman–Crippen MR) is 63.9 cm³/mol. The fraction of sp³-hybridized carbons (Fsp3) is 0.455. The molecule has 0 saturated carbocycles. The van der Waals surface area contributed by atoms with Gasteiger partial charge in [0.2, 0.25) is 10.0 Å². The van der Waals surface area contributed by atoms with Gasteiger partial charge in [0.05, 0.1) is 6.26 Å². The zero-order valence-corrected chi connectivity index (χ0v) is 10.3. The maximum Gasteiger partial charge on any atom is 0.208 e. The third-order valence-electron chi connectivity index (χ3n) is 2.22. The lowest BCUT2D eigenvalue weighted by molar-refractivity contribution is 0.475. The Hall–Kier alpha value is -1.07.